The molecule has 0 aliphatic carbocycles. The zero-order valence-electron chi connectivity index (χ0n) is 22.9. The van der Waals surface area contributed by atoms with Crippen molar-refractivity contribution < 1.29 is 9.53 Å². The molecule has 0 radical (unpaired) electrons. The molecule has 1 amide bonds. The van der Waals surface area contributed by atoms with Gasteiger partial charge in [0.05, 0.1) is 13.2 Å². The molecule has 1 aromatic heterocycles. The second kappa shape index (κ2) is 12.0. The molecular formula is C34H35N3O2. The molecule has 198 valence electrons. The molecule has 0 fully saturated rings. The summed E-state index contributed by atoms with van der Waals surface area (Å²) in [7, 11) is 1.67. The molecule has 0 bridgehead atoms. The molecule has 0 spiro atoms. The number of amides is 1. The van der Waals surface area contributed by atoms with Gasteiger partial charge in [-0.25, -0.2) is 4.98 Å². The molecule has 5 nitrogen and oxygen atoms in total. The summed E-state index contributed by atoms with van der Waals surface area (Å²) < 4.78 is 7.70. The van der Waals surface area contributed by atoms with E-state index in [0.29, 0.717) is 17.9 Å². The van der Waals surface area contributed by atoms with Gasteiger partial charge in [0.2, 0.25) is 0 Å². The monoisotopic (exact) mass is 517 g/mol. The van der Waals surface area contributed by atoms with E-state index in [-0.39, 0.29) is 11.9 Å². The lowest BCUT2D eigenvalue weighted by atomic mass is 9.99. The summed E-state index contributed by atoms with van der Waals surface area (Å²) in [5.41, 5.74) is 4.15. The zero-order valence-corrected chi connectivity index (χ0v) is 22.9. The maximum absolute atomic E-state index is 14.3. The number of carbonyl (C=O) groups excluding carboxylic acids is 1. The molecule has 5 aromatic rings. The number of unbranched alkanes of at least 4 members (excludes halogenated alkanes) is 1. The van der Waals surface area contributed by atoms with Gasteiger partial charge in [-0.2, -0.15) is 0 Å². The average molecular weight is 518 g/mol. The van der Waals surface area contributed by atoms with Crippen LogP contribution >= 0.6 is 0 Å². The maximum atomic E-state index is 14.3. The third kappa shape index (κ3) is 5.44. The lowest BCUT2D eigenvalue weighted by Crippen LogP contribution is -2.31. The second-order valence-electron chi connectivity index (χ2n) is 9.72. The minimum absolute atomic E-state index is 0.137. The van der Waals surface area contributed by atoms with Gasteiger partial charge in [0.15, 0.2) is 0 Å². The fraction of sp³-hybridized carbons (Fsp3) is 0.235. The number of ether oxygens (including phenoxy) is 1. The Morgan fingerprint density at radius 1 is 0.872 bits per heavy atom. The van der Waals surface area contributed by atoms with E-state index in [1.54, 1.807) is 7.11 Å². The van der Waals surface area contributed by atoms with Crippen molar-refractivity contribution in [1.29, 1.82) is 0 Å². The first-order valence-corrected chi connectivity index (χ1v) is 13.7. The number of rotatable bonds is 10. The molecular weight excluding hydrogens is 482 g/mol. The lowest BCUT2D eigenvalue weighted by Gasteiger charge is -2.22. The summed E-state index contributed by atoms with van der Waals surface area (Å²) in [5.74, 6) is 1.43. The lowest BCUT2D eigenvalue weighted by molar-refractivity contribution is 0.0925. The summed E-state index contributed by atoms with van der Waals surface area (Å²) in [5, 5.41) is 5.63. The van der Waals surface area contributed by atoms with Crippen molar-refractivity contribution in [3.63, 3.8) is 0 Å². The minimum Gasteiger partial charge on any atom is -0.496 e. The van der Waals surface area contributed by atoms with Crippen molar-refractivity contribution in [2.24, 2.45) is 0 Å². The summed E-state index contributed by atoms with van der Waals surface area (Å²) in [6.07, 6.45) is 2.84. The Hall–Kier alpha value is -4.38. The van der Waals surface area contributed by atoms with Crippen LogP contribution in [-0.2, 0) is 6.54 Å². The number of fused-ring (bicyclic) bond motifs is 1. The Morgan fingerprint density at radius 3 is 2.33 bits per heavy atom. The quantitative estimate of drug-likeness (QED) is 0.204. The Balaban J connectivity index is 1.64. The predicted molar refractivity (Wildman–Crippen MR) is 159 cm³/mol. The second-order valence-corrected chi connectivity index (χ2v) is 9.72. The number of nitrogens with one attached hydrogen (secondary N) is 1. The van der Waals surface area contributed by atoms with Crippen LogP contribution in [0.5, 0.6) is 5.75 Å². The van der Waals surface area contributed by atoms with E-state index >= 15 is 0 Å². The van der Waals surface area contributed by atoms with Gasteiger partial charge in [0.25, 0.3) is 5.91 Å². The highest BCUT2D eigenvalue weighted by molar-refractivity contribution is 6.01. The van der Waals surface area contributed by atoms with Crippen molar-refractivity contribution >= 4 is 16.7 Å². The average Bonchev–Trinajstić information content (AvgIpc) is 3.39. The summed E-state index contributed by atoms with van der Waals surface area (Å²) in [6.45, 7) is 4.84. The molecule has 5 heteroatoms. The minimum atomic E-state index is -0.182. The molecule has 1 unspecified atom stereocenters. The van der Waals surface area contributed by atoms with Gasteiger partial charge < -0.3 is 14.6 Å². The van der Waals surface area contributed by atoms with Crippen LogP contribution in [-0.4, -0.2) is 22.6 Å². The molecule has 1 heterocycles. The smallest absolute Gasteiger partial charge is 0.270 e. The van der Waals surface area contributed by atoms with E-state index in [4.69, 9.17) is 9.72 Å². The molecule has 5 rings (SSSR count). The number of nitrogens with zero attached hydrogens (tertiary/aromatic N) is 2. The van der Waals surface area contributed by atoms with Crippen molar-refractivity contribution in [3.05, 3.63) is 108 Å². The van der Waals surface area contributed by atoms with E-state index in [2.05, 4.69) is 49.5 Å². The van der Waals surface area contributed by atoms with Crippen molar-refractivity contribution in [3.8, 4) is 28.4 Å². The van der Waals surface area contributed by atoms with E-state index in [9.17, 15) is 4.79 Å². The highest BCUT2D eigenvalue weighted by Crippen LogP contribution is 2.33. The number of para-hydroxylation sites is 1. The first-order chi connectivity index (χ1) is 19.1. The largest absolute Gasteiger partial charge is 0.496 e. The molecule has 0 aliphatic heterocycles. The van der Waals surface area contributed by atoms with E-state index in [1.165, 1.54) is 0 Å². The van der Waals surface area contributed by atoms with E-state index in [0.717, 1.165) is 58.3 Å². The summed E-state index contributed by atoms with van der Waals surface area (Å²) in [6, 6.07) is 32.4. The number of hydrogen-bond donors (Lipinski definition) is 1. The third-order valence-electron chi connectivity index (χ3n) is 7.22. The fourth-order valence-corrected chi connectivity index (χ4v) is 5.23. The highest BCUT2D eigenvalue weighted by Gasteiger charge is 2.27. The van der Waals surface area contributed by atoms with Crippen molar-refractivity contribution in [1.82, 2.24) is 14.9 Å². The van der Waals surface area contributed by atoms with Crippen LogP contribution in [0.15, 0.2) is 97.1 Å². The molecule has 1 atom stereocenters. The van der Waals surface area contributed by atoms with Crippen molar-refractivity contribution in [2.45, 2.75) is 45.7 Å². The van der Waals surface area contributed by atoms with Crippen LogP contribution in [0.3, 0.4) is 0 Å². The third-order valence-corrected chi connectivity index (χ3v) is 7.22. The van der Waals surface area contributed by atoms with Crippen LogP contribution in [0.25, 0.3) is 33.4 Å². The molecule has 39 heavy (non-hydrogen) atoms. The van der Waals surface area contributed by atoms with Gasteiger partial charge in [-0.3, -0.25) is 4.79 Å². The topological polar surface area (TPSA) is 56.2 Å². The molecule has 0 saturated heterocycles. The van der Waals surface area contributed by atoms with E-state index < -0.39 is 0 Å². The van der Waals surface area contributed by atoms with Gasteiger partial charge in [0.1, 0.15) is 23.0 Å². The number of benzene rings is 4. The van der Waals surface area contributed by atoms with Crippen LogP contribution < -0.4 is 10.1 Å². The zero-order chi connectivity index (χ0) is 27.2. The van der Waals surface area contributed by atoms with Gasteiger partial charge in [-0.15, -0.1) is 0 Å². The van der Waals surface area contributed by atoms with Crippen LogP contribution in [0.4, 0.5) is 0 Å². The molecule has 0 aliphatic rings. The number of carbonyl (C=O) groups is 1. The van der Waals surface area contributed by atoms with Crippen LogP contribution in [0, 0.1) is 0 Å². The predicted octanol–water partition coefficient (Wildman–Crippen LogP) is 8.06. The number of aromatic nitrogens is 2. The normalized spacial score (nSPS) is 11.9. The highest BCUT2D eigenvalue weighted by atomic mass is 16.5. The Labute approximate surface area is 230 Å². The Bertz CT molecular complexity index is 1570. The van der Waals surface area contributed by atoms with Crippen LogP contribution in [0.2, 0.25) is 0 Å². The van der Waals surface area contributed by atoms with Gasteiger partial charge in [0, 0.05) is 23.2 Å². The van der Waals surface area contributed by atoms with Crippen molar-refractivity contribution in [2.75, 3.05) is 7.11 Å². The Morgan fingerprint density at radius 2 is 1.59 bits per heavy atom. The number of hydrogen-bond acceptors (Lipinski definition) is 3. The summed E-state index contributed by atoms with van der Waals surface area (Å²) in [4.78, 5) is 19.4. The first-order valence-electron chi connectivity index (χ1n) is 13.7. The first kappa shape index (κ1) is 26.2. The Kier molecular flexibility index (Phi) is 8.07. The standard InChI is InChI=1S/C34H35N3O2/c1-4-6-19-29(28-18-12-13-20-30(28)39-3)35-34(38)32-31(27-22-21-24-14-10-11-17-26(24)23-27)36-33(37(32)5-2)25-15-8-7-9-16-25/h7-18,20-23,29H,4-6,19H2,1-3H3,(H,35,38). The summed E-state index contributed by atoms with van der Waals surface area (Å²) >= 11 is 0. The molecule has 1 N–H and O–H groups in total. The molecule has 0 saturated carbocycles. The fourth-order valence-electron chi connectivity index (χ4n) is 5.23. The maximum Gasteiger partial charge on any atom is 0.270 e. The van der Waals surface area contributed by atoms with Gasteiger partial charge >= 0.3 is 0 Å². The van der Waals surface area contributed by atoms with Gasteiger partial charge in [-0.1, -0.05) is 105 Å². The van der Waals surface area contributed by atoms with E-state index in [1.807, 2.05) is 71.3 Å². The number of imidazole rings is 1. The number of methoxy groups -OCH3 is 1. The molecule has 4 aromatic carbocycles. The van der Waals surface area contributed by atoms with Gasteiger partial charge in [-0.05, 0) is 36.2 Å². The SMILES string of the molecule is CCCCC(NC(=O)c1c(-c2ccc3ccccc3c2)nc(-c2ccccc2)n1CC)c1ccccc1OC. The van der Waals surface area contributed by atoms with Crippen LogP contribution in [0.1, 0.15) is 55.2 Å².